The molecule has 0 aliphatic heterocycles. The van der Waals surface area contributed by atoms with Crippen molar-refractivity contribution in [1.29, 1.82) is 0 Å². The SMILES string of the molecule is O=C(O)c1ccc(Cn2nc3ccccn3c2=O)c(Br)c1. The van der Waals surface area contributed by atoms with Gasteiger partial charge in [-0.3, -0.25) is 4.40 Å². The Hall–Kier alpha value is -2.41. The molecule has 1 aromatic carbocycles. The number of carbonyl (C=O) groups is 1. The Kier molecular flexibility index (Phi) is 3.34. The lowest BCUT2D eigenvalue weighted by Crippen LogP contribution is -2.21. The predicted octanol–water partition coefficient (Wildman–Crippen LogP) is 2.00. The highest BCUT2D eigenvalue weighted by Gasteiger charge is 2.10. The topological polar surface area (TPSA) is 76.6 Å². The van der Waals surface area contributed by atoms with Crippen molar-refractivity contribution in [1.82, 2.24) is 14.2 Å². The zero-order valence-corrected chi connectivity index (χ0v) is 12.3. The third-order valence-corrected chi connectivity index (χ3v) is 3.85. The summed E-state index contributed by atoms with van der Waals surface area (Å²) in [5, 5.41) is 13.2. The van der Waals surface area contributed by atoms with Crippen LogP contribution in [0.4, 0.5) is 0 Å². The van der Waals surface area contributed by atoms with Gasteiger partial charge in [-0.2, -0.15) is 0 Å². The molecule has 1 N–H and O–H groups in total. The Morgan fingerprint density at radius 1 is 1.29 bits per heavy atom. The summed E-state index contributed by atoms with van der Waals surface area (Å²) in [7, 11) is 0. The summed E-state index contributed by atoms with van der Waals surface area (Å²) < 4.78 is 3.43. The minimum Gasteiger partial charge on any atom is -0.478 e. The van der Waals surface area contributed by atoms with E-state index in [0.717, 1.165) is 5.56 Å². The number of carboxylic acids is 1. The number of aromatic carboxylic acids is 1. The van der Waals surface area contributed by atoms with Crippen molar-refractivity contribution in [2.75, 3.05) is 0 Å². The normalized spacial score (nSPS) is 10.9. The van der Waals surface area contributed by atoms with Crippen LogP contribution in [0, 0.1) is 0 Å². The van der Waals surface area contributed by atoms with E-state index in [2.05, 4.69) is 21.0 Å². The molecule has 0 aliphatic carbocycles. The van der Waals surface area contributed by atoms with Crippen LogP contribution in [0.5, 0.6) is 0 Å². The molecular weight excluding hydrogens is 338 g/mol. The fourth-order valence-electron chi connectivity index (χ4n) is 2.04. The first-order valence-electron chi connectivity index (χ1n) is 6.12. The summed E-state index contributed by atoms with van der Waals surface area (Å²) in [6, 6.07) is 10.0. The van der Waals surface area contributed by atoms with Crippen molar-refractivity contribution in [3.63, 3.8) is 0 Å². The molecule has 0 fully saturated rings. The number of halogens is 1. The Bertz CT molecular complexity index is 898. The van der Waals surface area contributed by atoms with Crippen molar-refractivity contribution < 1.29 is 9.90 Å². The van der Waals surface area contributed by atoms with Crippen LogP contribution < -0.4 is 5.69 Å². The first-order chi connectivity index (χ1) is 10.1. The third kappa shape index (κ3) is 2.47. The fourth-order valence-corrected chi connectivity index (χ4v) is 2.55. The van der Waals surface area contributed by atoms with Gasteiger partial charge in [-0.15, -0.1) is 5.10 Å². The summed E-state index contributed by atoms with van der Waals surface area (Å²) in [5.41, 5.74) is 1.30. The molecule has 3 rings (SSSR count). The Morgan fingerprint density at radius 2 is 2.10 bits per heavy atom. The summed E-state index contributed by atoms with van der Waals surface area (Å²) in [6.07, 6.45) is 1.66. The number of rotatable bonds is 3. The Morgan fingerprint density at radius 3 is 2.76 bits per heavy atom. The van der Waals surface area contributed by atoms with E-state index in [1.807, 2.05) is 6.07 Å². The monoisotopic (exact) mass is 347 g/mol. The van der Waals surface area contributed by atoms with Gasteiger partial charge in [0, 0.05) is 10.7 Å². The molecular formula is C14H10BrN3O3. The van der Waals surface area contributed by atoms with Gasteiger partial charge in [-0.25, -0.2) is 14.3 Å². The van der Waals surface area contributed by atoms with Gasteiger partial charge in [0.05, 0.1) is 12.1 Å². The predicted molar refractivity (Wildman–Crippen MR) is 79.7 cm³/mol. The minimum atomic E-state index is -0.993. The summed E-state index contributed by atoms with van der Waals surface area (Å²) in [6.45, 7) is 0.265. The highest BCUT2D eigenvalue weighted by atomic mass is 79.9. The number of hydrogen-bond donors (Lipinski definition) is 1. The smallest absolute Gasteiger partial charge is 0.350 e. The molecule has 0 spiro atoms. The van der Waals surface area contributed by atoms with Crippen LogP contribution in [0.1, 0.15) is 15.9 Å². The van der Waals surface area contributed by atoms with Crippen LogP contribution in [-0.4, -0.2) is 25.3 Å². The van der Waals surface area contributed by atoms with Crippen LogP contribution in [0.2, 0.25) is 0 Å². The molecule has 0 bridgehead atoms. The second-order valence-electron chi connectivity index (χ2n) is 4.48. The second kappa shape index (κ2) is 5.17. The summed E-state index contributed by atoms with van der Waals surface area (Å²) in [4.78, 5) is 23.1. The number of hydrogen-bond acceptors (Lipinski definition) is 3. The summed E-state index contributed by atoms with van der Waals surface area (Å²) in [5.74, 6) is -0.993. The molecule has 6 nitrogen and oxygen atoms in total. The molecule has 0 unspecified atom stereocenters. The molecule has 0 saturated carbocycles. The van der Waals surface area contributed by atoms with E-state index in [1.165, 1.54) is 21.2 Å². The van der Waals surface area contributed by atoms with Gasteiger partial charge >= 0.3 is 11.7 Å². The molecule has 21 heavy (non-hydrogen) atoms. The van der Waals surface area contributed by atoms with E-state index >= 15 is 0 Å². The molecule has 0 saturated heterocycles. The number of benzene rings is 1. The first-order valence-corrected chi connectivity index (χ1v) is 6.91. The maximum absolute atomic E-state index is 12.2. The zero-order valence-electron chi connectivity index (χ0n) is 10.7. The highest BCUT2D eigenvalue weighted by Crippen LogP contribution is 2.19. The van der Waals surface area contributed by atoms with E-state index in [4.69, 9.17) is 5.11 Å². The second-order valence-corrected chi connectivity index (χ2v) is 5.33. The maximum Gasteiger partial charge on any atom is 0.350 e. The molecule has 7 heteroatoms. The number of fused-ring (bicyclic) bond motifs is 1. The average Bonchev–Trinajstić information content (AvgIpc) is 2.78. The van der Waals surface area contributed by atoms with Crippen molar-refractivity contribution in [2.24, 2.45) is 0 Å². The van der Waals surface area contributed by atoms with Gasteiger partial charge in [-0.1, -0.05) is 28.1 Å². The van der Waals surface area contributed by atoms with Crippen LogP contribution in [0.15, 0.2) is 51.9 Å². The standard InChI is InChI=1S/C14H10BrN3O3/c15-11-7-9(13(19)20)4-5-10(11)8-18-14(21)17-6-2-1-3-12(17)16-18/h1-7H,8H2,(H,19,20). The fraction of sp³-hybridized carbons (Fsp3) is 0.0714. The highest BCUT2D eigenvalue weighted by molar-refractivity contribution is 9.10. The van der Waals surface area contributed by atoms with E-state index in [1.54, 1.807) is 24.4 Å². The summed E-state index contributed by atoms with van der Waals surface area (Å²) >= 11 is 3.33. The lowest BCUT2D eigenvalue weighted by Gasteiger charge is -2.04. The number of aromatic nitrogens is 3. The molecule has 2 heterocycles. The van der Waals surface area contributed by atoms with Crippen LogP contribution in [0.3, 0.4) is 0 Å². The lowest BCUT2D eigenvalue weighted by molar-refractivity contribution is 0.0697. The quantitative estimate of drug-likeness (QED) is 0.786. The van der Waals surface area contributed by atoms with Gasteiger partial charge in [0.1, 0.15) is 0 Å². The Balaban J connectivity index is 2.01. The molecule has 0 radical (unpaired) electrons. The van der Waals surface area contributed by atoms with Crippen molar-refractivity contribution in [3.05, 3.63) is 68.7 Å². The maximum atomic E-state index is 12.2. The van der Waals surface area contributed by atoms with Crippen molar-refractivity contribution in [2.45, 2.75) is 6.54 Å². The van der Waals surface area contributed by atoms with Gasteiger partial charge < -0.3 is 5.11 Å². The van der Waals surface area contributed by atoms with Crippen molar-refractivity contribution >= 4 is 27.5 Å². The average molecular weight is 348 g/mol. The van der Waals surface area contributed by atoms with E-state index < -0.39 is 5.97 Å². The van der Waals surface area contributed by atoms with E-state index in [9.17, 15) is 9.59 Å². The largest absolute Gasteiger partial charge is 0.478 e. The van der Waals surface area contributed by atoms with Gasteiger partial charge in [0.15, 0.2) is 5.65 Å². The third-order valence-electron chi connectivity index (χ3n) is 3.11. The first kappa shape index (κ1) is 13.6. The van der Waals surface area contributed by atoms with Crippen molar-refractivity contribution in [3.8, 4) is 0 Å². The van der Waals surface area contributed by atoms with Crippen LogP contribution in [0.25, 0.3) is 5.65 Å². The molecule has 2 aromatic heterocycles. The molecule has 0 amide bonds. The van der Waals surface area contributed by atoms with Gasteiger partial charge in [0.25, 0.3) is 0 Å². The minimum absolute atomic E-state index is 0.188. The molecule has 106 valence electrons. The zero-order chi connectivity index (χ0) is 15.0. The van der Waals surface area contributed by atoms with Gasteiger partial charge in [-0.05, 0) is 29.8 Å². The molecule has 3 aromatic rings. The van der Waals surface area contributed by atoms with Gasteiger partial charge in [0.2, 0.25) is 0 Å². The number of nitrogens with zero attached hydrogens (tertiary/aromatic N) is 3. The number of carboxylic acid groups (broad SMARTS) is 1. The van der Waals surface area contributed by atoms with Crippen LogP contribution in [-0.2, 0) is 6.54 Å². The molecule has 0 aliphatic rings. The van der Waals surface area contributed by atoms with E-state index in [0.29, 0.717) is 10.1 Å². The molecule has 0 atom stereocenters. The van der Waals surface area contributed by atoms with Crippen LogP contribution >= 0.6 is 15.9 Å². The number of pyridine rings is 1. The Labute approximate surface area is 127 Å². The lowest BCUT2D eigenvalue weighted by atomic mass is 10.1. The van der Waals surface area contributed by atoms with E-state index in [-0.39, 0.29) is 17.8 Å².